The van der Waals surface area contributed by atoms with Gasteiger partial charge in [0, 0.05) is 5.69 Å². The molecular weight excluding hydrogens is 380 g/mol. The van der Waals surface area contributed by atoms with Crippen molar-refractivity contribution in [2.24, 2.45) is 0 Å². The molecule has 0 aliphatic heterocycles. The number of carbonyl (C=O) groups excluding carboxylic acids is 1. The Morgan fingerprint density at radius 3 is 2.72 bits per heavy atom. The molecule has 0 bridgehead atoms. The molecule has 0 radical (unpaired) electrons. The molecule has 0 atom stereocenters. The van der Waals surface area contributed by atoms with Gasteiger partial charge in [-0.1, -0.05) is 36.0 Å². The van der Waals surface area contributed by atoms with Gasteiger partial charge in [-0.2, -0.15) is 5.26 Å². The van der Waals surface area contributed by atoms with E-state index in [-0.39, 0.29) is 11.7 Å². The standard InChI is InChI=1S/C23H20N4OS/c1-14-7-6-9-18(16(14)3)25-21(28)13-29-22-11-15(2)17(12-24)23-26-19-8-4-5-10-20(19)27(22)23/h4-11H,13H2,1-3H3,(H,25,28). The number of hydrogen-bond acceptors (Lipinski definition) is 4. The maximum atomic E-state index is 12.6. The Hall–Kier alpha value is -3.30. The van der Waals surface area contributed by atoms with Gasteiger partial charge in [0.15, 0.2) is 5.65 Å². The van der Waals surface area contributed by atoms with E-state index >= 15 is 0 Å². The van der Waals surface area contributed by atoms with Crippen LogP contribution >= 0.6 is 11.8 Å². The number of anilines is 1. The number of nitriles is 1. The Labute approximate surface area is 173 Å². The van der Waals surface area contributed by atoms with Crippen LogP contribution in [0.25, 0.3) is 16.7 Å². The molecule has 0 aliphatic rings. The van der Waals surface area contributed by atoms with Crippen molar-refractivity contribution in [2.75, 3.05) is 11.1 Å². The number of rotatable bonds is 4. The Morgan fingerprint density at radius 1 is 1.14 bits per heavy atom. The van der Waals surface area contributed by atoms with Crippen molar-refractivity contribution >= 4 is 40.0 Å². The number of nitrogens with one attached hydrogen (secondary N) is 1. The fourth-order valence-corrected chi connectivity index (χ4v) is 4.30. The van der Waals surface area contributed by atoms with Crippen LogP contribution in [0.3, 0.4) is 0 Å². The number of carbonyl (C=O) groups is 1. The van der Waals surface area contributed by atoms with Gasteiger partial charge in [0.1, 0.15) is 6.07 Å². The third-order valence-electron chi connectivity index (χ3n) is 5.08. The van der Waals surface area contributed by atoms with Crippen molar-refractivity contribution in [2.45, 2.75) is 25.8 Å². The molecule has 5 nitrogen and oxygen atoms in total. The van der Waals surface area contributed by atoms with Gasteiger partial charge in [0.25, 0.3) is 0 Å². The van der Waals surface area contributed by atoms with Crippen molar-refractivity contribution < 1.29 is 4.79 Å². The number of benzene rings is 2. The van der Waals surface area contributed by atoms with Crippen molar-refractivity contribution in [3.63, 3.8) is 0 Å². The quantitative estimate of drug-likeness (QED) is 0.489. The summed E-state index contributed by atoms with van der Waals surface area (Å²) in [5.74, 6) is 0.198. The number of nitrogens with zero attached hydrogens (tertiary/aromatic N) is 3. The van der Waals surface area contributed by atoms with Crippen LogP contribution in [0.4, 0.5) is 5.69 Å². The molecule has 0 unspecified atom stereocenters. The van der Waals surface area contributed by atoms with Crippen LogP contribution in [0.2, 0.25) is 0 Å². The van der Waals surface area contributed by atoms with Crippen molar-refractivity contribution in [1.82, 2.24) is 9.38 Å². The Morgan fingerprint density at radius 2 is 1.93 bits per heavy atom. The largest absolute Gasteiger partial charge is 0.325 e. The molecule has 144 valence electrons. The first-order valence-electron chi connectivity index (χ1n) is 9.29. The summed E-state index contributed by atoms with van der Waals surface area (Å²) in [6.07, 6.45) is 0. The second-order valence-electron chi connectivity index (χ2n) is 7.00. The van der Waals surface area contributed by atoms with E-state index < -0.39 is 0 Å². The molecule has 2 aromatic carbocycles. The number of amides is 1. The number of hydrogen-bond donors (Lipinski definition) is 1. The summed E-state index contributed by atoms with van der Waals surface area (Å²) in [6.45, 7) is 5.93. The van der Waals surface area contributed by atoms with Crippen molar-refractivity contribution in [1.29, 1.82) is 5.26 Å². The lowest BCUT2D eigenvalue weighted by atomic mass is 10.1. The molecule has 1 N–H and O–H groups in total. The maximum Gasteiger partial charge on any atom is 0.234 e. The van der Waals surface area contributed by atoms with Crippen LogP contribution in [-0.4, -0.2) is 21.0 Å². The fourth-order valence-electron chi connectivity index (χ4n) is 3.37. The lowest BCUT2D eigenvalue weighted by Gasteiger charge is -2.12. The number of imidazole rings is 1. The number of pyridine rings is 1. The van der Waals surface area contributed by atoms with Crippen LogP contribution < -0.4 is 5.32 Å². The summed E-state index contributed by atoms with van der Waals surface area (Å²) in [5.41, 5.74) is 6.86. The molecule has 0 saturated carbocycles. The average molecular weight is 401 g/mol. The van der Waals surface area contributed by atoms with Gasteiger partial charge in [-0.15, -0.1) is 0 Å². The van der Waals surface area contributed by atoms with E-state index in [1.54, 1.807) is 0 Å². The van der Waals surface area contributed by atoms with Crippen LogP contribution in [0.5, 0.6) is 0 Å². The third-order valence-corrected chi connectivity index (χ3v) is 6.08. The monoisotopic (exact) mass is 400 g/mol. The molecule has 4 rings (SSSR count). The molecule has 0 saturated heterocycles. The van der Waals surface area contributed by atoms with Gasteiger partial charge in [-0.3, -0.25) is 9.20 Å². The van der Waals surface area contributed by atoms with Gasteiger partial charge in [-0.25, -0.2) is 4.98 Å². The van der Waals surface area contributed by atoms with Crippen molar-refractivity contribution in [3.05, 3.63) is 70.8 Å². The lowest BCUT2D eigenvalue weighted by molar-refractivity contribution is -0.113. The van der Waals surface area contributed by atoms with Crippen LogP contribution in [0.15, 0.2) is 53.6 Å². The van der Waals surface area contributed by atoms with Gasteiger partial charge < -0.3 is 5.32 Å². The second kappa shape index (κ2) is 7.61. The van der Waals surface area contributed by atoms with E-state index in [4.69, 9.17) is 0 Å². The fraction of sp³-hybridized carbons (Fsp3) is 0.174. The molecule has 4 aromatic rings. The lowest BCUT2D eigenvalue weighted by Crippen LogP contribution is -2.15. The van der Waals surface area contributed by atoms with E-state index in [1.807, 2.05) is 73.7 Å². The summed E-state index contributed by atoms with van der Waals surface area (Å²) in [5, 5.41) is 13.5. The smallest absolute Gasteiger partial charge is 0.234 e. The van der Waals surface area contributed by atoms with Crippen molar-refractivity contribution in [3.8, 4) is 6.07 Å². The number of aromatic nitrogens is 2. The second-order valence-corrected chi connectivity index (χ2v) is 7.99. The molecule has 29 heavy (non-hydrogen) atoms. The van der Waals surface area contributed by atoms with Gasteiger partial charge in [0.2, 0.25) is 5.91 Å². The summed E-state index contributed by atoms with van der Waals surface area (Å²) < 4.78 is 1.97. The molecule has 0 fully saturated rings. The normalized spacial score (nSPS) is 11.0. The highest BCUT2D eigenvalue weighted by Crippen LogP contribution is 2.29. The number of para-hydroxylation sites is 2. The van der Waals surface area contributed by atoms with Crippen LogP contribution in [-0.2, 0) is 4.79 Å². The first-order chi connectivity index (χ1) is 14.0. The summed E-state index contributed by atoms with van der Waals surface area (Å²) in [6, 6.07) is 17.9. The SMILES string of the molecule is Cc1cccc(NC(=O)CSc2cc(C)c(C#N)c3nc4ccccc4n23)c1C. The highest BCUT2D eigenvalue weighted by molar-refractivity contribution is 7.99. The van der Waals surface area contributed by atoms with E-state index in [0.29, 0.717) is 11.2 Å². The molecule has 6 heteroatoms. The topological polar surface area (TPSA) is 70.2 Å². The molecule has 0 spiro atoms. The Balaban J connectivity index is 1.67. The zero-order chi connectivity index (χ0) is 20.5. The van der Waals surface area contributed by atoms with E-state index in [1.165, 1.54) is 11.8 Å². The number of thioether (sulfide) groups is 1. The summed E-state index contributed by atoms with van der Waals surface area (Å²) in [7, 11) is 0. The molecule has 2 aromatic heterocycles. The predicted octanol–water partition coefficient (Wildman–Crippen LogP) is 5.02. The number of aryl methyl sites for hydroxylation is 2. The summed E-state index contributed by atoms with van der Waals surface area (Å²) in [4.78, 5) is 17.2. The first-order valence-corrected chi connectivity index (χ1v) is 10.3. The minimum atomic E-state index is -0.0664. The number of fused-ring (bicyclic) bond motifs is 3. The van der Waals surface area contributed by atoms with Gasteiger partial charge >= 0.3 is 0 Å². The molecular formula is C23H20N4OS. The van der Waals surface area contributed by atoms with E-state index in [0.717, 1.165) is 38.4 Å². The van der Waals surface area contributed by atoms with Crippen LogP contribution in [0.1, 0.15) is 22.3 Å². The molecule has 0 aliphatic carbocycles. The Bertz CT molecular complexity index is 1300. The zero-order valence-electron chi connectivity index (χ0n) is 16.5. The summed E-state index contributed by atoms with van der Waals surface area (Å²) >= 11 is 1.44. The minimum absolute atomic E-state index is 0.0664. The van der Waals surface area contributed by atoms with Crippen LogP contribution in [0, 0.1) is 32.1 Å². The van der Waals surface area contributed by atoms with E-state index in [9.17, 15) is 10.1 Å². The average Bonchev–Trinajstić information content (AvgIpc) is 3.09. The minimum Gasteiger partial charge on any atom is -0.325 e. The Kier molecular flexibility index (Phi) is 4.99. The highest BCUT2D eigenvalue weighted by atomic mass is 32.2. The molecule has 1 amide bonds. The van der Waals surface area contributed by atoms with E-state index in [2.05, 4.69) is 16.4 Å². The zero-order valence-corrected chi connectivity index (χ0v) is 17.3. The molecule has 2 heterocycles. The maximum absolute atomic E-state index is 12.6. The van der Waals surface area contributed by atoms with Gasteiger partial charge in [0.05, 0.1) is 27.4 Å². The first kappa shape index (κ1) is 19.0. The predicted molar refractivity (Wildman–Crippen MR) is 117 cm³/mol. The van der Waals surface area contributed by atoms with Gasteiger partial charge in [-0.05, 0) is 61.7 Å². The third kappa shape index (κ3) is 3.45. The highest BCUT2D eigenvalue weighted by Gasteiger charge is 2.16.